The van der Waals surface area contributed by atoms with Crippen LogP contribution in [0.3, 0.4) is 0 Å². The number of nitrogens with zero attached hydrogens (tertiary/aromatic N) is 1. The van der Waals surface area contributed by atoms with Gasteiger partial charge in [0.2, 0.25) is 10.0 Å². The van der Waals surface area contributed by atoms with Gasteiger partial charge in [-0.2, -0.15) is 0 Å². The van der Waals surface area contributed by atoms with Gasteiger partial charge in [0.15, 0.2) is 0 Å². The lowest BCUT2D eigenvalue weighted by molar-refractivity contribution is 0.0943. The molecule has 0 atom stereocenters. The number of amides is 1. The molecule has 0 radical (unpaired) electrons. The van der Waals surface area contributed by atoms with Gasteiger partial charge in [-0.05, 0) is 51.3 Å². The Bertz CT molecular complexity index is 680. The zero-order valence-electron chi connectivity index (χ0n) is 14.6. The molecular formula is C17H27N3O3S. The van der Waals surface area contributed by atoms with Gasteiger partial charge in [0.25, 0.3) is 5.91 Å². The Balaban J connectivity index is 2.43. The van der Waals surface area contributed by atoms with E-state index in [2.05, 4.69) is 14.9 Å². The highest BCUT2D eigenvalue weighted by molar-refractivity contribution is 7.89. The van der Waals surface area contributed by atoms with Crippen LogP contribution in [0.15, 0.2) is 23.1 Å². The number of hydrogen-bond donors (Lipinski definition) is 2. The van der Waals surface area contributed by atoms with E-state index in [0.717, 1.165) is 25.9 Å². The van der Waals surface area contributed by atoms with Crippen molar-refractivity contribution in [2.24, 2.45) is 0 Å². The van der Waals surface area contributed by atoms with Crippen molar-refractivity contribution in [3.05, 3.63) is 23.8 Å². The first-order valence-corrected chi connectivity index (χ1v) is 10.0. The zero-order valence-corrected chi connectivity index (χ0v) is 15.4. The predicted molar refractivity (Wildman–Crippen MR) is 96.0 cm³/mol. The van der Waals surface area contributed by atoms with Gasteiger partial charge >= 0.3 is 0 Å². The van der Waals surface area contributed by atoms with Crippen molar-refractivity contribution in [2.45, 2.75) is 51.0 Å². The molecule has 2 rings (SSSR count). The van der Waals surface area contributed by atoms with E-state index in [0.29, 0.717) is 24.2 Å². The first-order chi connectivity index (χ1) is 11.3. The molecule has 7 heteroatoms. The van der Waals surface area contributed by atoms with E-state index in [1.165, 1.54) is 6.07 Å². The van der Waals surface area contributed by atoms with E-state index in [9.17, 15) is 13.2 Å². The van der Waals surface area contributed by atoms with Crippen molar-refractivity contribution in [3.8, 4) is 0 Å². The molecule has 1 saturated heterocycles. The fraction of sp³-hybridized carbons (Fsp3) is 0.588. The largest absolute Gasteiger partial charge is 0.370 e. The Morgan fingerprint density at radius 1 is 1.25 bits per heavy atom. The van der Waals surface area contributed by atoms with E-state index >= 15 is 0 Å². The van der Waals surface area contributed by atoms with Gasteiger partial charge < -0.3 is 10.2 Å². The van der Waals surface area contributed by atoms with E-state index < -0.39 is 10.0 Å². The van der Waals surface area contributed by atoms with Crippen LogP contribution in [0, 0.1) is 0 Å². The molecule has 1 aliphatic heterocycles. The lowest BCUT2D eigenvalue weighted by atomic mass is 10.1. The topological polar surface area (TPSA) is 78.5 Å². The summed E-state index contributed by atoms with van der Waals surface area (Å²) in [5.41, 5.74) is 1.04. The van der Waals surface area contributed by atoms with Crippen molar-refractivity contribution < 1.29 is 13.2 Å². The molecule has 1 heterocycles. The normalized spacial score (nSPS) is 15.1. The van der Waals surface area contributed by atoms with E-state index in [4.69, 9.17) is 0 Å². The molecule has 0 aliphatic carbocycles. The van der Waals surface area contributed by atoms with Crippen LogP contribution in [-0.2, 0) is 10.0 Å². The second kappa shape index (κ2) is 7.98. The van der Waals surface area contributed by atoms with Crippen molar-refractivity contribution >= 4 is 21.6 Å². The highest BCUT2D eigenvalue weighted by atomic mass is 32.2. The first-order valence-electron chi connectivity index (χ1n) is 8.54. The van der Waals surface area contributed by atoms with Gasteiger partial charge in [0.05, 0.1) is 5.69 Å². The minimum absolute atomic E-state index is 0.00553. The molecule has 1 aromatic rings. The number of rotatable bonds is 7. The zero-order chi connectivity index (χ0) is 17.7. The average molecular weight is 353 g/mol. The molecule has 134 valence electrons. The highest BCUT2D eigenvalue weighted by Crippen LogP contribution is 2.29. The van der Waals surface area contributed by atoms with Crippen LogP contribution in [0.25, 0.3) is 0 Å². The lowest BCUT2D eigenvalue weighted by Gasteiger charge is -2.22. The Hall–Kier alpha value is -1.60. The molecule has 1 amide bonds. The number of benzene rings is 1. The molecule has 1 aliphatic rings. The Labute approximate surface area is 144 Å². The third kappa shape index (κ3) is 4.48. The summed E-state index contributed by atoms with van der Waals surface area (Å²) >= 11 is 0. The molecule has 0 aromatic heterocycles. The highest BCUT2D eigenvalue weighted by Gasteiger charge is 2.25. The van der Waals surface area contributed by atoms with Crippen molar-refractivity contribution in [1.29, 1.82) is 0 Å². The SMILES string of the molecule is CCCNS(=O)(=O)c1cc(C(=O)NC(C)C)ccc1N1CCCC1. The number of nitrogens with one attached hydrogen (secondary N) is 2. The second-order valence-corrected chi connectivity index (χ2v) is 8.14. The third-order valence-corrected chi connectivity index (χ3v) is 5.41. The Kier molecular flexibility index (Phi) is 6.23. The molecule has 2 N–H and O–H groups in total. The van der Waals surface area contributed by atoms with Gasteiger partial charge in [0.1, 0.15) is 4.90 Å². The minimum atomic E-state index is -3.65. The van der Waals surface area contributed by atoms with Crippen LogP contribution in [-0.4, -0.2) is 40.0 Å². The quantitative estimate of drug-likeness (QED) is 0.787. The van der Waals surface area contributed by atoms with Gasteiger partial charge in [0, 0.05) is 31.2 Å². The van der Waals surface area contributed by atoms with Crippen molar-refractivity contribution in [1.82, 2.24) is 10.0 Å². The monoisotopic (exact) mass is 353 g/mol. The summed E-state index contributed by atoms with van der Waals surface area (Å²) in [5, 5.41) is 2.80. The summed E-state index contributed by atoms with van der Waals surface area (Å²) < 4.78 is 28.0. The Morgan fingerprint density at radius 2 is 1.92 bits per heavy atom. The fourth-order valence-corrected chi connectivity index (χ4v) is 4.13. The maximum atomic E-state index is 12.7. The molecule has 0 bridgehead atoms. The molecule has 0 spiro atoms. The van der Waals surface area contributed by atoms with Crippen LogP contribution in [0.4, 0.5) is 5.69 Å². The molecule has 1 fully saturated rings. The molecule has 0 unspecified atom stereocenters. The molecular weight excluding hydrogens is 326 g/mol. The van der Waals surface area contributed by atoms with Crippen LogP contribution in [0.2, 0.25) is 0 Å². The number of anilines is 1. The van der Waals surface area contributed by atoms with Gasteiger partial charge in [-0.1, -0.05) is 6.92 Å². The lowest BCUT2D eigenvalue weighted by Crippen LogP contribution is -2.31. The van der Waals surface area contributed by atoms with Crippen LogP contribution in [0.5, 0.6) is 0 Å². The maximum absolute atomic E-state index is 12.7. The first kappa shape index (κ1) is 18.7. The van der Waals surface area contributed by atoms with Crippen molar-refractivity contribution in [2.75, 3.05) is 24.5 Å². The second-order valence-electron chi connectivity index (χ2n) is 6.40. The third-order valence-electron chi connectivity index (χ3n) is 3.92. The smallest absolute Gasteiger partial charge is 0.251 e. The predicted octanol–water partition coefficient (Wildman–Crippen LogP) is 2.11. The molecule has 6 nitrogen and oxygen atoms in total. The summed E-state index contributed by atoms with van der Waals surface area (Å²) in [7, 11) is -3.65. The molecule has 0 saturated carbocycles. The van der Waals surface area contributed by atoms with Crippen molar-refractivity contribution in [3.63, 3.8) is 0 Å². The number of hydrogen-bond acceptors (Lipinski definition) is 4. The van der Waals surface area contributed by atoms with Crippen LogP contribution < -0.4 is 14.9 Å². The van der Waals surface area contributed by atoms with E-state index in [1.807, 2.05) is 20.8 Å². The summed E-state index contributed by atoms with van der Waals surface area (Å²) in [6.45, 7) is 7.72. The maximum Gasteiger partial charge on any atom is 0.251 e. The van der Waals surface area contributed by atoms with Gasteiger partial charge in [-0.3, -0.25) is 4.79 Å². The number of carbonyl (C=O) groups excluding carboxylic acids is 1. The molecule has 1 aromatic carbocycles. The standard InChI is InChI=1S/C17H27N3O3S/c1-4-9-18-24(22,23)16-12-14(17(21)19-13(2)3)7-8-15(16)20-10-5-6-11-20/h7-8,12-13,18H,4-6,9-11H2,1-3H3,(H,19,21). The molecule has 24 heavy (non-hydrogen) atoms. The summed E-state index contributed by atoms with van der Waals surface area (Å²) in [6.07, 6.45) is 2.82. The number of sulfonamides is 1. The average Bonchev–Trinajstić information content (AvgIpc) is 3.06. The fourth-order valence-electron chi connectivity index (χ4n) is 2.75. The minimum Gasteiger partial charge on any atom is -0.370 e. The van der Waals surface area contributed by atoms with Gasteiger partial charge in [-0.25, -0.2) is 13.1 Å². The number of carbonyl (C=O) groups is 1. The summed E-state index contributed by atoms with van der Waals surface area (Å²) in [4.78, 5) is 14.5. The van der Waals surface area contributed by atoms with E-state index in [-0.39, 0.29) is 16.8 Å². The summed E-state index contributed by atoms with van der Waals surface area (Å²) in [5.74, 6) is -0.259. The van der Waals surface area contributed by atoms with Gasteiger partial charge in [-0.15, -0.1) is 0 Å². The Morgan fingerprint density at radius 3 is 2.50 bits per heavy atom. The van der Waals surface area contributed by atoms with Crippen LogP contribution in [0.1, 0.15) is 50.4 Å². The van der Waals surface area contributed by atoms with Crippen LogP contribution >= 0.6 is 0 Å². The van der Waals surface area contributed by atoms with E-state index in [1.54, 1.807) is 12.1 Å². The summed E-state index contributed by atoms with van der Waals surface area (Å²) in [6, 6.07) is 4.93.